The van der Waals surface area contributed by atoms with E-state index < -0.39 is 11.7 Å². The lowest BCUT2D eigenvalue weighted by Gasteiger charge is -2.31. The van der Waals surface area contributed by atoms with Gasteiger partial charge in [0.05, 0.1) is 5.56 Å². The first kappa shape index (κ1) is 14.0. The maximum atomic E-state index is 12.8. The maximum absolute atomic E-state index is 12.8. The van der Waals surface area contributed by atoms with Gasteiger partial charge in [-0.3, -0.25) is 0 Å². The molecule has 0 amide bonds. The van der Waals surface area contributed by atoms with Gasteiger partial charge >= 0.3 is 6.18 Å². The fraction of sp³-hybridized carbons (Fsp3) is 0.500. The molecule has 1 aromatic rings. The molecule has 1 aliphatic carbocycles. The van der Waals surface area contributed by atoms with Crippen molar-refractivity contribution in [2.75, 3.05) is 11.4 Å². The van der Waals surface area contributed by atoms with Gasteiger partial charge in [-0.15, -0.1) is 0 Å². The molecule has 2 fully saturated rings. The molecular formula is C14H16F3N3O. The second-order valence-electron chi connectivity index (χ2n) is 5.70. The van der Waals surface area contributed by atoms with Crippen LogP contribution < -0.4 is 10.6 Å². The number of amidine groups is 1. The fourth-order valence-corrected chi connectivity index (χ4v) is 3.44. The number of rotatable bonds is 2. The Kier molecular flexibility index (Phi) is 3.22. The van der Waals surface area contributed by atoms with Gasteiger partial charge in [-0.05, 0) is 43.4 Å². The van der Waals surface area contributed by atoms with E-state index in [-0.39, 0.29) is 11.4 Å². The van der Waals surface area contributed by atoms with Gasteiger partial charge in [-0.25, -0.2) is 0 Å². The Bertz CT molecular complexity index is 585. The van der Waals surface area contributed by atoms with Gasteiger partial charge < -0.3 is 15.8 Å². The molecule has 114 valence electrons. The minimum Gasteiger partial charge on any atom is -0.409 e. The van der Waals surface area contributed by atoms with Crippen LogP contribution in [0, 0.1) is 5.92 Å². The summed E-state index contributed by atoms with van der Waals surface area (Å²) in [4.78, 5) is 2.09. The fourth-order valence-electron chi connectivity index (χ4n) is 3.44. The molecule has 1 saturated carbocycles. The highest BCUT2D eigenvalue weighted by molar-refractivity contribution is 6.02. The van der Waals surface area contributed by atoms with Gasteiger partial charge in [-0.2, -0.15) is 13.2 Å². The molecule has 1 aromatic carbocycles. The van der Waals surface area contributed by atoms with Gasteiger partial charge in [-0.1, -0.05) is 5.16 Å². The Labute approximate surface area is 120 Å². The number of piperidine rings is 1. The van der Waals surface area contributed by atoms with Crippen LogP contribution in [0.2, 0.25) is 0 Å². The second-order valence-corrected chi connectivity index (χ2v) is 5.70. The summed E-state index contributed by atoms with van der Waals surface area (Å²) in [7, 11) is 0. The van der Waals surface area contributed by atoms with Crippen LogP contribution in [0.4, 0.5) is 18.9 Å². The van der Waals surface area contributed by atoms with Crippen LogP contribution in [0.5, 0.6) is 0 Å². The second kappa shape index (κ2) is 4.82. The van der Waals surface area contributed by atoms with Crippen LogP contribution in [0.25, 0.3) is 0 Å². The van der Waals surface area contributed by atoms with E-state index in [4.69, 9.17) is 10.9 Å². The Morgan fingerprint density at radius 3 is 2.62 bits per heavy atom. The molecule has 1 heterocycles. The molecule has 3 rings (SSSR count). The topological polar surface area (TPSA) is 61.9 Å². The Hall–Kier alpha value is -1.92. The third-order valence-corrected chi connectivity index (χ3v) is 4.43. The predicted molar refractivity (Wildman–Crippen MR) is 72.4 cm³/mol. The van der Waals surface area contributed by atoms with Crippen LogP contribution in [0.1, 0.15) is 30.4 Å². The van der Waals surface area contributed by atoms with E-state index in [0.29, 0.717) is 17.6 Å². The van der Waals surface area contributed by atoms with Gasteiger partial charge in [0.2, 0.25) is 0 Å². The number of oxime groups is 1. The summed E-state index contributed by atoms with van der Waals surface area (Å²) < 4.78 is 38.5. The zero-order valence-electron chi connectivity index (χ0n) is 11.3. The van der Waals surface area contributed by atoms with Crippen LogP contribution in [-0.2, 0) is 6.18 Å². The summed E-state index contributed by atoms with van der Waals surface area (Å²) in [6.45, 7) is 0.821. The highest BCUT2D eigenvalue weighted by Crippen LogP contribution is 2.42. The van der Waals surface area contributed by atoms with E-state index in [1.807, 2.05) is 0 Å². The number of nitrogens with zero attached hydrogens (tertiary/aromatic N) is 2. The van der Waals surface area contributed by atoms with Gasteiger partial charge in [0.25, 0.3) is 0 Å². The zero-order chi connectivity index (χ0) is 15.2. The lowest BCUT2D eigenvalue weighted by molar-refractivity contribution is -0.137. The smallest absolute Gasteiger partial charge is 0.409 e. The maximum Gasteiger partial charge on any atom is 0.416 e. The molecule has 2 unspecified atom stereocenters. The zero-order valence-corrected chi connectivity index (χ0v) is 11.3. The summed E-state index contributed by atoms with van der Waals surface area (Å²) >= 11 is 0. The van der Waals surface area contributed by atoms with Gasteiger partial charge in [0, 0.05) is 23.8 Å². The van der Waals surface area contributed by atoms with Crippen molar-refractivity contribution >= 4 is 11.5 Å². The highest BCUT2D eigenvalue weighted by atomic mass is 19.4. The highest BCUT2D eigenvalue weighted by Gasteiger charge is 2.39. The largest absolute Gasteiger partial charge is 0.416 e. The molecule has 0 spiro atoms. The first-order chi connectivity index (χ1) is 9.90. The van der Waals surface area contributed by atoms with Crippen molar-refractivity contribution < 1.29 is 18.4 Å². The van der Waals surface area contributed by atoms with Crippen molar-refractivity contribution in [1.29, 1.82) is 0 Å². The monoisotopic (exact) mass is 299 g/mol. The average Bonchev–Trinajstić information content (AvgIpc) is 3.07. The number of fused-ring (bicyclic) bond motifs is 2. The molecule has 2 aliphatic rings. The van der Waals surface area contributed by atoms with Crippen LogP contribution >= 0.6 is 0 Å². The molecule has 2 bridgehead atoms. The van der Waals surface area contributed by atoms with Crippen LogP contribution in [0.15, 0.2) is 23.4 Å². The average molecular weight is 299 g/mol. The first-order valence-corrected chi connectivity index (χ1v) is 6.86. The van der Waals surface area contributed by atoms with E-state index in [0.717, 1.165) is 31.5 Å². The van der Waals surface area contributed by atoms with E-state index in [2.05, 4.69) is 10.1 Å². The molecule has 21 heavy (non-hydrogen) atoms. The first-order valence-electron chi connectivity index (χ1n) is 6.86. The number of nitrogens with two attached hydrogens (primary N) is 1. The number of alkyl halides is 3. The molecule has 0 aromatic heterocycles. The van der Waals surface area contributed by atoms with Crippen molar-refractivity contribution in [3.63, 3.8) is 0 Å². The standard InChI is InChI=1S/C14H16F3N3O/c15-14(16,17)9-2-4-12(11(6-9)13(18)19-21)20-7-8-1-3-10(20)5-8/h2,4,6,8,10,21H,1,3,5,7H2,(H2,18,19). The summed E-state index contributed by atoms with van der Waals surface area (Å²) in [5, 5.41) is 11.7. The molecule has 2 atom stereocenters. The summed E-state index contributed by atoms with van der Waals surface area (Å²) in [5.41, 5.74) is 5.54. The van der Waals surface area contributed by atoms with E-state index in [9.17, 15) is 13.2 Å². The molecule has 0 radical (unpaired) electrons. The van der Waals surface area contributed by atoms with Crippen molar-refractivity contribution in [1.82, 2.24) is 0 Å². The molecule has 7 heteroatoms. The minimum atomic E-state index is -4.45. The summed E-state index contributed by atoms with van der Waals surface area (Å²) in [5.74, 6) is 0.302. The third kappa shape index (κ3) is 2.41. The van der Waals surface area contributed by atoms with E-state index in [1.165, 1.54) is 12.5 Å². The molecule has 1 aliphatic heterocycles. The lowest BCUT2D eigenvalue weighted by atomic mass is 10.0. The van der Waals surface area contributed by atoms with E-state index in [1.54, 1.807) is 0 Å². The van der Waals surface area contributed by atoms with Gasteiger partial charge in [0.15, 0.2) is 5.84 Å². The summed E-state index contributed by atoms with van der Waals surface area (Å²) in [6, 6.07) is 3.78. The lowest BCUT2D eigenvalue weighted by Crippen LogP contribution is -2.34. The number of anilines is 1. The Balaban J connectivity index is 2.04. The van der Waals surface area contributed by atoms with Crippen molar-refractivity contribution in [3.05, 3.63) is 29.3 Å². The van der Waals surface area contributed by atoms with Crippen molar-refractivity contribution in [2.24, 2.45) is 16.8 Å². The number of halogens is 3. The van der Waals surface area contributed by atoms with Crippen molar-refractivity contribution in [2.45, 2.75) is 31.5 Å². The Morgan fingerprint density at radius 1 is 1.33 bits per heavy atom. The number of benzene rings is 1. The SMILES string of the molecule is NC(=NO)c1cc(C(F)(F)F)ccc1N1CC2CCC1C2. The van der Waals surface area contributed by atoms with Crippen LogP contribution in [-0.4, -0.2) is 23.6 Å². The van der Waals surface area contributed by atoms with Gasteiger partial charge in [0.1, 0.15) is 0 Å². The minimum absolute atomic E-state index is 0.139. The normalized spacial score (nSPS) is 25.7. The molecular weight excluding hydrogens is 283 g/mol. The van der Waals surface area contributed by atoms with Crippen LogP contribution in [0.3, 0.4) is 0 Å². The van der Waals surface area contributed by atoms with Crippen molar-refractivity contribution in [3.8, 4) is 0 Å². The number of hydrogen-bond acceptors (Lipinski definition) is 3. The molecule has 3 N–H and O–H groups in total. The summed E-state index contributed by atoms with van der Waals surface area (Å²) in [6.07, 6.45) is -1.17. The molecule has 4 nitrogen and oxygen atoms in total. The van der Waals surface area contributed by atoms with E-state index >= 15 is 0 Å². The molecule has 1 saturated heterocycles. The number of hydrogen-bond donors (Lipinski definition) is 2. The third-order valence-electron chi connectivity index (χ3n) is 4.43. The predicted octanol–water partition coefficient (Wildman–Crippen LogP) is 2.79. The quantitative estimate of drug-likeness (QED) is 0.382. The Morgan fingerprint density at radius 2 is 2.10 bits per heavy atom.